The van der Waals surface area contributed by atoms with Crippen LogP contribution in [0.2, 0.25) is 0 Å². The summed E-state index contributed by atoms with van der Waals surface area (Å²) in [6.07, 6.45) is 1.70. The first-order valence-electron chi connectivity index (χ1n) is 6.42. The molecular formula is C16H18N2O2. The van der Waals surface area contributed by atoms with Gasteiger partial charge in [0.15, 0.2) is 0 Å². The maximum absolute atomic E-state index is 8.99. The molecule has 1 aromatic carbocycles. The van der Waals surface area contributed by atoms with Crippen LogP contribution in [-0.2, 0) is 13.1 Å². The first kappa shape index (κ1) is 14.2. The molecule has 0 unspecified atom stereocenters. The summed E-state index contributed by atoms with van der Waals surface area (Å²) in [7, 11) is 3.68. The monoisotopic (exact) mass is 270 g/mol. The molecule has 1 aromatic heterocycles. The number of methoxy groups -OCH3 is 1. The quantitative estimate of drug-likeness (QED) is 0.837. The summed E-state index contributed by atoms with van der Waals surface area (Å²) in [4.78, 5) is 2.16. The lowest BCUT2D eigenvalue weighted by Crippen LogP contribution is -2.18. The molecule has 0 aliphatic heterocycles. The van der Waals surface area contributed by atoms with Crippen molar-refractivity contribution >= 4 is 0 Å². The van der Waals surface area contributed by atoms with E-state index in [1.165, 1.54) is 5.56 Å². The number of rotatable bonds is 5. The van der Waals surface area contributed by atoms with E-state index in [0.717, 1.165) is 23.6 Å². The van der Waals surface area contributed by atoms with Gasteiger partial charge in [-0.25, -0.2) is 0 Å². The highest BCUT2D eigenvalue weighted by Crippen LogP contribution is 2.22. The van der Waals surface area contributed by atoms with Crippen LogP contribution in [0.3, 0.4) is 0 Å². The molecule has 0 amide bonds. The molecule has 0 atom stereocenters. The van der Waals surface area contributed by atoms with Crippen molar-refractivity contribution in [2.45, 2.75) is 20.0 Å². The summed E-state index contributed by atoms with van der Waals surface area (Å²) < 4.78 is 10.7. The van der Waals surface area contributed by atoms with Crippen LogP contribution in [0, 0.1) is 18.3 Å². The SMILES string of the molecule is COc1ccc(C#N)cc1CN(C)Cc1ccoc1C. The summed E-state index contributed by atoms with van der Waals surface area (Å²) in [5.74, 6) is 1.74. The van der Waals surface area contributed by atoms with Gasteiger partial charge in [-0.15, -0.1) is 0 Å². The number of benzene rings is 1. The lowest BCUT2D eigenvalue weighted by atomic mass is 10.1. The van der Waals surface area contributed by atoms with Gasteiger partial charge in [0.1, 0.15) is 11.5 Å². The third kappa shape index (κ3) is 3.19. The Morgan fingerprint density at radius 3 is 2.60 bits per heavy atom. The van der Waals surface area contributed by atoms with Crippen molar-refractivity contribution in [2.24, 2.45) is 0 Å². The lowest BCUT2D eigenvalue weighted by Gasteiger charge is -2.18. The van der Waals surface area contributed by atoms with Gasteiger partial charge in [0.25, 0.3) is 0 Å². The van der Waals surface area contributed by atoms with Crippen molar-refractivity contribution in [3.05, 3.63) is 53.0 Å². The first-order chi connectivity index (χ1) is 9.63. The van der Waals surface area contributed by atoms with Crippen LogP contribution in [0.25, 0.3) is 0 Å². The topological polar surface area (TPSA) is 49.4 Å². The molecular weight excluding hydrogens is 252 g/mol. The molecule has 4 nitrogen and oxygen atoms in total. The number of furan rings is 1. The normalized spacial score (nSPS) is 10.6. The fraction of sp³-hybridized carbons (Fsp3) is 0.312. The second-order valence-electron chi connectivity index (χ2n) is 4.81. The minimum atomic E-state index is 0.647. The van der Waals surface area contributed by atoms with Crippen molar-refractivity contribution in [2.75, 3.05) is 14.2 Å². The minimum absolute atomic E-state index is 0.647. The van der Waals surface area contributed by atoms with Gasteiger partial charge in [0.2, 0.25) is 0 Å². The largest absolute Gasteiger partial charge is 0.496 e. The molecule has 4 heteroatoms. The van der Waals surface area contributed by atoms with E-state index in [1.54, 1.807) is 19.4 Å². The molecule has 104 valence electrons. The predicted octanol–water partition coefficient (Wildman–Crippen LogP) is 3.10. The van der Waals surface area contributed by atoms with Crippen LogP contribution in [0.5, 0.6) is 5.75 Å². The van der Waals surface area contributed by atoms with E-state index < -0.39 is 0 Å². The highest BCUT2D eigenvalue weighted by molar-refractivity contribution is 5.42. The van der Waals surface area contributed by atoms with Crippen molar-refractivity contribution in [3.8, 4) is 11.8 Å². The number of aryl methyl sites for hydroxylation is 1. The van der Waals surface area contributed by atoms with E-state index >= 15 is 0 Å². The van der Waals surface area contributed by atoms with Crippen LogP contribution < -0.4 is 4.74 Å². The Morgan fingerprint density at radius 2 is 2.00 bits per heavy atom. The second kappa shape index (κ2) is 6.27. The Morgan fingerprint density at radius 1 is 1.25 bits per heavy atom. The van der Waals surface area contributed by atoms with Gasteiger partial charge in [0.05, 0.1) is 25.0 Å². The van der Waals surface area contributed by atoms with Crippen molar-refractivity contribution in [1.82, 2.24) is 4.90 Å². The van der Waals surface area contributed by atoms with Crippen LogP contribution in [0.1, 0.15) is 22.5 Å². The smallest absolute Gasteiger partial charge is 0.123 e. The molecule has 0 spiro atoms. The summed E-state index contributed by atoms with van der Waals surface area (Å²) >= 11 is 0. The highest BCUT2D eigenvalue weighted by Gasteiger charge is 2.10. The zero-order valence-corrected chi connectivity index (χ0v) is 12.0. The summed E-state index contributed by atoms with van der Waals surface area (Å²) in [5, 5.41) is 8.99. The zero-order valence-electron chi connectivity index (χ0n) is 12.0. The van der Waals surface area contributed by atoms with E-state index in [0.29, 0.717) is 12.1 Å². The number of nitrogens with zero attached hydrogens (tertiary/aromatic N) is 2. The third-order valence-electron chi connectivity index (χ3n) is 3.26. The standard InChI is InChI=1S/C16H18N2O2/c1-12-14(6-7-20-12)10-18(2)11-15-8-13(9-17)4-5-16(15)19-3/h4-8H,10-11H2,1-3H3. The third-order valence-corrected chi connectivity index (χ3v) is 3.26. The fourth-order valence-corrected chi connectivity index (χ4v) is 2.18. The molecule has 2 rings (SSSR count). The summed E-state index contributed by atoms with van der Waals surface area (Å²) in [6.45, 7) is 3.46. The first-order valence-corrected chi connectivity index (χ1v) is 6.42. The number of hydrogen-bond donors (Lipinski definition) is 0. The zero-order chi connectivity index (χ0) is 14.5. The van der Waals surface area contributed by atoms with Gasteiger partial charge in [-0.05, 0) is 38.2 Å². The molecule has 20 heavy (non-hydrogen) atoms. The van der Waals surface area contributed by atoms with Gasteiger partial charge in [-0.1, -0.05) is 0 Å². The van der Waals surface area contributed by atoms with Gasteiger partial charge in [0, 0.05) is 24.2 Å². The van der Waals surface area contributed by atoms with E-state index in [1.807, 2.05) is 32.2 Å². The van der Waals surface area contributed by atoms with Gasteiger partial charge in [-0.2, -0.15) is 5.26 Å². The Labute approximate surface area is 119 Å². The van der Waals surface area contributed by atoms with Crippen molar-refractivity contribution < 1.29 is 9.15 Å². The Hall–Kier alpha value is -2.25. The summed E-state index contributed by atoms with van der Waals surface area (Å²) in [6, 6.07) is 9.62. The fourth-order valence-electron chi connectivity index (χ4n) is 2.18. The Balaban J connectivity index is 2.13. The molecule has 0 saturated carbocycles. The van der Waals surface area contributed by atoms with Gasteiger partial charge < -0.3 is 9.15 Å². The molecule has 2 aromatic rings. The molecule has 0 aliphatic carbocycles. The average molecular weight is 270 g/mol. The number of nitriles is 1. The second-order valence-corrected chi connectivity index (χ2v) is 4.81. The average Bonchev–Trinajstić information content (AvgIpc) is 2.84. The highest BCUT2D eigenvalue weighted by atomic mass is 16.5. The van der Waals surface area contributed by atoms with E-state index in [2.05, 4.69) is 11.0 Å². The minimum Gasteiger partial charge on any atom is -0.496 e. The molecule has 0 saturated heterocycles. The van der Waals surface area contributed by atoms with E-state index in [-0.39, 0.29) is 0 Å². The van der Waals surface area contributed by atoms with Gasteiger partial charge in [-0.3, -0.25) is 4.90 Å². The summed E-state index contributed by atoms with van der Waals surface area (Å²) in [5.41, 5.74) is 2.83. The maximum Gasteiger partial charge on any atom is 0.123 e. The lowest BCUT2D eigenvalue weighted by molar-refractivity contribution is 0.308. The Kier molecular flexibility index (Phi) is 4.44. The van der Waals surface area contributed by atoms with Crippen LogP contribution in [-0.4, -0.2) is 19.1 Å². The number of hydrogen-bond acceptors (Lipinski definition) is 4. The van der Waals surface area contributed by atoms with Crippen LogP contribution >= 0.6 is 0 Å². The number of ether oxygens (including phenoxy) is 1. The molecule has 0 bridgehead atoms. The molecule has 0 aliphatic rings. The van der Waals surface area contributed by atoms with Crippen LogP contribution in [0.15, 0.2) is 34.9 Å². The molecule has 0 fully saturated rings. The molecule has 0 radical (unpaired) electrons. The maximum atomic E-state index is 8.99. The molecule has 0 N–H and O–H groups in total. The van der Waals surface area contributed by atoms with E-state index in [4.69, 9.17) is 14.4 Å². The van der Waals surface area contributed by atoms with Gasteiger partial charge >= 0.3 is 0 Å². The van der Waals surface area contributed by atoms with E-state index in [9.17, 15) is 0 Å². The predicted molar refractivity (Wildman–Crippen MR) is 76.3 cm³/mol. The van der Waals surface area contributed by atoms with Crippen molar-refractivity contribution in [3.63, 3.8) is 0 Å². The molecule has 1 heterocycles. The van der Waals surface area contributed by atoms with Crippen molar-refractivity contribution in [1.29, 1.82) is 5.26 Å². The Bertz CT molecular complexity index is 626. The van der Waals surface area contributed by atoms with Crippen LogP contribution in [0.4, 0.5) is 0 Å².